The smallest absolute Gasteiger partial charge is 0.342 e. The quantitative estimate of drug-likeness (QED) is 0.521. The number of carbonyl (C=O) groups excluding carboxylic acids is 2. The maximum atomic E-state index is 13.5. The number of amides is 1. The number of pyridine rings is 1. The number of esters is 1. The number of ether oxygens (including phenoxy) is 1. The molecule has 1 aliphatic heterocycles. The highest BCUT2D eigenvalue weighted by Crippen LogP contribution is 2.27. The second-order valence-corrected chi connectivity index (χ2v) is 7.86. The van der Waals surface area contributed by atoms with Crippen LogP contribution in [0.15, 0.2) is 54.6 Å². The fourth-order valence-electron chi connectivity index (χ4n) is 3.95. The van der Waals surface area contributed by atoms with Crippen LogP contribution in [0.1, 0.15) is 35.7 Å². The first-order valence-corrected chi connectivity index (χ1v) is 10.9. The molecule has 2 heterocycles. The minimum Gasteiger partial charge on any atom is -0.452 e. The van der Waals surface area contributed by atoms with Crippen molar-refractivity contribution in [1.29, 1.82) is 0 Å². The van der Waals surface area contributed by atoms with E-state index < -0.39 is 5.97 Å². The van der Waals surface area contributed by atoms with Gasteiger partial charge in [-0.1, -0.05) is 30.3 Å². The molecule has 0 spiro atoms. The minimum absolute atomic E-state index is 0.251. The van der Waals surface area contributed by atoms with Crippen molar-refractivity contribution in [3.05, 3.63) is 71.5 Å². The second kappa shape index (κ2) is 9.77. The Morgan fingerprint density at radius 1 is 1.09 bits per heavy atom. The molecule has 166 valence electrons. The van der Waals surface area contributed by atoms with E-state index in [9.17, 15) is 14.0 Å². The Labute approximate surface area is 186 Å². The summed E-state index contributed by atoms with van der Waals surface area (Å²) in [6.45, 7) is 3.79. The molecule has 1 amide bonds. The van der Waals surface area contributed by atoms with Crippen LogP contribution in [0.4, 0.5) is 10.2 Å². The number of anilines is 1. The topological polar surface area (TPSA) is 62.7 Å². The lowest BCUT2D eigenvalue weighted by Gasteiger charge is -2.22. The van der Waals surface area contributed by atoms with Crippen molar-refractivity contribution >= 4 is 28.6 Å². The third-order valence-corrected chi connectivity index (χ3v) is 5.65. The number of aromatic nitrogens is 1. The monoisotopic (exact) mass is 435 g/mol. The number of hydrogen-bond acceptors (Lipinski definition) is 5. The molecule has 0 saturated carbocycles. The van der Waals surface area contributed by atoms with Crippen LogP contribution in [0, 0.1) is 5.82 Å². The first-order valence-electron chi connectivity index (χ1n) is 10.9. The van der Waals surface area contributed by atoms with Crippen molar-refractivity contribution in [2.45, 2.75) is 26.3 Å². The number of likely N-dealkylation sites (N-methyl/N-ethyl adjacent to an activating group) is 1. The van der Waals surface area contributed by atoms with Crippen molar-refractivity contribution in [3.63, 3.8) is 0 Å². The average molecular weight is 435 g/mol. The van der Waals surface area contributed by atoms with Crippen molar-refractivity contribution in [1.82, 2.24) is 9.88 Å². The van der Waals surface area contributed by atoms with Gasteiger partial charge in [-0.3, -0.25) is 4.79 Å². The molecule has 6 nitrogen and oxygen atoms in total. The molecular weight excluding hydrogens is 409 g/mol. The highest BCUT2D eigenvalue weighted by Gasteiger charge is 2.24. The standard InChI is InChI=1S/C25H26FN3O3/c1-2-28(16-18-8-7-10-20(26)14-18)23(30)17-32-25(31)21-15-19-9-3-4-11-22(19)27-24(21)29-12-5-6-13-29/h3-4,7-11,14-15H,2,5-6,12-13,16-17H2,1H3. The lowest BCUT2D eigenvalue weighted by atomic mass is 10.1. The maximum absolute atomic E-state index is 13.5. The lowest BCUT2D eigenvalue weighted by Crippen LogP contribution is -2.34. The zero-order valence-electron chi connectivity index (χ0n) is 18.1. The molecule has 1 saturated heterocycles. The summed E-state index contributed by atoms with van der Waals surface area (Å²) < 4.78 is 18.9. The number of hydrogen-bond donors (Lipinski definition) is 0. The highest BCUT2D eigenvalue weighted by atomic mass is 19.1. The van der Waals surface area contributed by atoms with Gasteiger partial charge in [-0.05, 0) is 49.6 Å². The molecule has 3 aromatic rings. The first kappa shape index (κ1) is 21.7. The number of fused-ring (bicyclic) bond motifs is 1. The van der Waals surface area contributed by atoms with Crippen LogP contribution in [0.5, 0.6) is 0 Å². The Morgan fingerprint density at radius 2 is 1.88 bits per heavy atom. The van der Waals surface area contributed by atoms with Crippen molar-refractivity contribution in [2.75, 3.05) is 31.1 Å². The third-order valence-electron chi connectivity index (χ3n) is 5.65. The first-order chi connectivity index (χ1) is 15.5. The minimum atomic E-state index is -0.569. The number of nitrogens with zero attached hydrogens (tertiary/aromatic N) is 3. The molecule has 4 rings (SSSR count). The Balaban J connectivity index is 1.49. The summed E-state index contributed by atoms with van der Waals surface area (Å²) >= 11 is 0. The van der Waals surface area contributed by atoms with E-state index in [1.807, 2.05) is 31.2 Å². The van der Waals surface area contributed by atoms with Gasteiger partial charge in [0.05, 0.1) is 5.52 Å². The highest BCUT2D eigenvalue weighted by molar-refractivity contribution is 6.00. The molecule has 1 fully saturated rings. The molecule has 1 aromatic heterocycles. The van der Waals surface area contributed by atoms with E-state index in [0.29, 0.717) is 23.5 Å². The third kappa shape index (κ3) is 4.88. The van der Waals surface area contributed by atoms with E-state index in [-0.39, 0.29) is 24.9 Å². The summed E-state index contributed by atoms with van der Waals surface area (Å²) in [7, 11) is 0. The van der Waals surface area contributed by atoms with E-state index in [4.69, 9.17) is 9.72 Å². The maximum Gasteiger partial charge on any atom is 0.342 e. The molecule has 32 heavy (non-hydrogen) atoms. The summed E-state index contributed by atoms with van der Waals surface area (Å²) in [6.07, 6.45) is 2.10. The molecule has 0 bridgehead atoms. The van der Waals surface area contributed by atoms with Gasteiger partial charge in [0.1, 0.15) is 17.2 Å². The molecule has 2 aromatic carbocycles. The lowest BCUT2D eigenvalue weighted by molar-refractivity contribution is -0.134. The summed E-state index contributed by atoms with van der Waals surface area (Å²) in [5.74, 6) is -0.650. The van der Waals surface area contributed by atoms with Crippen LogP contribution < -0.4 is 4.90 Å². The molecule has 0 atom stereocenters. The molecule has 0 N–H and O–H groups in total. The number of rotatable bonds is 7. The van der Waals surface area contributed by atoms with E-state index in [0.717, 1.165) is 36.8 Å². The van der Waals surface area contributed by atoms with Gasteiger partial charge >= 0.3 is 5.97 Å². The summed E-state index contributed by atoms with van der Waals surface area (Å²) in [6, 6.07) is 15.5. The van der Waals surface area contributed by atoms with Crippen LogP contribution in [-0.2, 0) is 16.1 Å². The van der Waals surface area contributed by atoms with E-state index in [1.54, 1.807) is 18.2 Å². The fourth-order valence-corrected chi connectivity index (χ4v) is 3.95. The molecule has 0 radical (unpaired) electrons. The van der Waals surface area contributed by atoms with Crippen molar-refractivity contribution in [2.24, 2.45) is 0 Å². The zero-order valence-corrected chi connectivity index (χ0v) is 18.1. The van der Waals surface area contributed by atoms with Gasteiger partial charge in [-0.25, -0.2) is 14.2 Å². The van der Waals surface area contributed by atoms with Gasteiger partial charge < -0.3 is 14.5 Å². The summed E-state index contributed by atoms with van der Waals surface area (Å²) in [5.41, 5.74) is 1.86. The SMILES string of the molecule is CCN(Cc1cccc(F)c1)C(=O)COC(=O)c1cc2ccccc2nc1N1CCCC1. The Morgan fingerprint density at radius 3 is 2.62 bits per heavy atom. The van der Waals surface area contributed by atoms with Crippen LogP contribution in [-0.4, -0.2) is 48.0 Å². The largest absolute Gasteiger partial charge is 0.452 e. The van der Waals surface area contributed by atoms with Crippen LogP contribution >= 0.6 is 0 Å². The number of carbonyl (C=O) groups is 2. The van der Waals surface area contributed by atoms with Crippen molar-refractivity contribution < 1.29 is 18.7 Å². The van der Waals surface area contributed by atoms with E-state index >= 15 is 0 Å². The van der Waals surface area contributed by atoms with Gasteiger partial charge in [0.15, 0.2) is 6.61 Å². The molecule has 0 aliphatic carbocycles. The van der Waals surface area contributed by atoms with Gasteiger partial charge in [-0.2, -0.15) is 0 Å². The van der Waals surface area contributed by atoms with Gasteiger partial charge in [0.2, 0.25) is 0 Å². The predicted molar refractivity (Wildman–Crippen MR) is 121 cm³/mol. The average Bonchev–Trinajstić information content (AvgIpc) is 3.35. The normalized spacial score (nSPS) is 13.4. The number of halogens is 1. The summed E-state index contributed by atoms with van der Waals surface area (Å²) in [4.78, 5) is 34.0. The molecule has 0 unspecified atom stereocenters. The molecular formula is C25H26FN3O3. The fraction of sp³-hybridized carbons (Fsp3) is 0.320. The van der Waals surface area contributed by atoms with E-state index in [1.165, 1.54) is 17.0 Å². The van der Waals surface area contributed by atoms with Gasteiger partial charge in [0, 0.05) is 31.6 Å². The van der Waals surface area contributed by atoms with Crippen LogP contribution in [0.3, 0.4) is 0 Å². The Hall–Kier alpha value is -3.48. The van der Waals surface area contributed by atoms with Crippen molar-refractivity contribution in [3.8, 4) is 0 Å². The molecule has 1 aliphatic rings. The van der Waals surface area contributed by atoms with Gasteiger partial charge in [-0.15, -0.1) is 0 Å². The van der Waals surface area contributed by atoms with E-state index in [2.05, 4.69) is 4.90 Å². The summed E-state index contributed by atoms with van der Waals surface area (Å²) in [5, 5.41) is 0.843. The van der Waals surface area contributed by atoms with Gasteiger partial charge in [0.25, 0.3) is 5.91 Å². The Kier molecular flexibility index (Phi) is 6.63. The Bertz CT molecular complexity index is 1130. The predicted octanol–water partition coefficient (Wildman–Crippen LogP) is 4.18. The van der Waals surface area contributed by atoms with Crippen LogP contribution in [0.25, 0.3) is 10.9 Å². The van der Waals surface area contributed by atoms with Crippen LogP contribution in [0.2, 0.25) is 0 Å². The second-order valence-electron chi connectivity index (χ2n) is 7.86. The zero-order chi connectivity index (χ0) is 22.5. The number of benzene rings is 2. The molecule has 7 heteroatoms. The number of para-hydroxylation sites is 1.